The van der Waals surface area contributed by atoms with E-state index in [4.69, 9.17) is 16.3 Å². The zero-order chi connectivity index (χ0) is 37.8. The van der Waals surface area contributed by atoms with Gasteiger partial charge in [0, 0.05) is 33.2 Å². The third-order valence-corrected chi connectivity index (χ3v) is 8.50. The summed E-state index contributed by atoms with van der Waals surface area (Å²) in [6, 6.07) is 44.5. The van der Waals surface area contributed by atoms with Gasteiger partial charge < -0.3 is 4.57 Å². The van der Waals surface area contributed by atoms with Gasteiger partial charge >= 0.3 is 0 Å². The first-order chi connectivity index (χ1) is 26.8. The molecule has 230 valence electrons. The Morgan fingerprint density at radius 3 is 1.27 bits per heavy atom. The van der Waals surface area contributed by atoms with E-state index in [9.17, 15) is 6.85 Å². The molecule has 0 bridgehead atoms. The highest BCUT2D eigenvalue weighted by atomic mass is 15.0. The summed E-state index contributed by atoms with van der Waals surface area (Å²) in [5.41, 5.74) is 5.34. The molecule has 0 aliphatic carbocycles. The van der Waals surface area contributed by atoms with Crippen molar-refractivity contribution in [3.63, 3.8) is 0 Å². The molecule has 0 radical (unpaired) electrons. The molecular formula is C45H30N4. The number of rotatable bonds is 6. The molecule has 0 saturated carbocycles. The first kappa shape index (κ1) is 22.8. The van der Waals surface area contributed by atoms with Crippen LogP contribution in [0.2, 0.25) is 0 Å². The van der Waals surface area contributed by atoms with Crippen molar-refractivity contribution in [3.05, 3.63) is 182 Å². The van der Waals surface area contributed by atoms with E-state index in [0.29, 0.717) is 34.0 Å². The average molecular weight is 633 g/mol. The van der Waals surface area contributed by atoms with Crippen LogP contribution in [0.1, 0.15) is 8.22 Å². The number of hydrogen-bond donors (Lipinski definition) is 0. The summed E-state index contributed by atoms with van der Waals surface area (Å²) in [4.78, 5) is 14.6. The van der Waals surface area contributed by atoms with Crippen LogP contribution < -0.4 is 0 Å². The van der Waals surface area contributed by atoms with Crippen molar-refractivity contribution in [3.8, 4) is 62.1 Å². The number of nitrogens with zero attached hydrogens (tertiary/aromatic N) is 4. The van der Waals surface area contributed by atoms with Crippen molar-refractivity contribution < 1.29 is 8.22 Å². The Labute approximate surface area is 293 Å². The van der Waals surface area contributed by atoms with Gasteiger partial charge in [-0.2, -0.15) is 0 Å². The molecule has 7 aromatic carbocycles. The highest BCUT2D eigenvalue weighted by molar-refractivity contribution is 6.11. The Kier molecular flexibility index (Phi) is 5.67. The normalized spacial score (nSPS) is 13.0. The average Bonchev–Trinajstić information content (AvgIpc) is 3.61. The highest BCUT2D eigenvalue weighted by Crippen LogP contribution is 2.37. The van der Waals surface area contributed by atoms with E-state index < -0.39 is 0 Å². The molecule has 0 saturated heterocycles. The Bertz CT molecular complexity index is 2900. The minimum absolute atomic E-state index is 0.00786. The summed E-state index contributed by atoms with van der Waals surface area (Å²) < 4.78 is 58.5. The van der Waals surface area contributed by atoms with Crippen LogP contribution in [-0.2, 0) is 0 Å². The lowest BCUT2D eigenvalue weighted by atomic mass is 10.0. The van der Waals surface area contributed by atoms with E-state index >= 15 is 0 Å². The minimum Gasteiger partial charge on any atom is -0.309 e. The van der Waals surface area contributed by atoms with Crippen LogP contribution in [0.25, 0.3) is 83.9 Å². The van der Waals surface area contributed by atoms with Gasteiger partial charge in [-0.1, -0.05) is 140 Å². The fourth-order valence-electron chi connectivity index (χ4n) is 6.08. The van der Waals surface area contributed by atoms with Gasteiger partial charge in [0.2, 0.25) is 0 Å². The molecule has 0 fully saturated rings. The third kappa shape index (κ3) is 5.35. The zero-order valence-corrected chi connectivity index (χ0v) is 26.1. The summed E-state index contributed by atoms with van der Waals surface area (Å²) in [5.74, 6) is 0.713. The van der Waals surface area contributed by atoms with Gasteiger partial charge in [0.15, 0.2) is 17.5 Å². The Morgan fingerprint density at radius 1 is 0.347 bits per heavy atom. The molecule has 4 heteroatoms. The monoisotopic (exact) mass is 632 g/mol. The second-order valence-electron chi connectivity index (χ2n) is 11.6. The van der Waals surface area contributed by atoms with Crippen molar-refractivity contribution in [2.75, 3.05) is 0 Å². The molecule has 0 amide bonds. The van der Waals surface area contributed by atoms with Gasteiger partial charge in [-0.3, -0.25) is 0 Å². The van der Waals surface area contributed by atoms with Gasteiger partial charge in [-0.25, -0.2) is 15.0 Å². The van der Waals surface area contributed by atoms with Crippen molar-refractivity contribution in [2.45, 2.75) is 0 Å². The topological polar surface area (TPSA) is 43.6 Å². The molecule has 0 unspecified atom stereocenters. The predicted octanol–water partition coefficient (Wildman–Crippen LogP) is 11.3. The summed E-state index contributed by atoms with van der Waals surface area (Å²) in [6.07, 6.45) is 0. The smallest absolute Gasteiger partial charge is 0.164 e. The number of hydrogen-bond acceptors (Lipinski definition) is 3. The number of fused-ring (bicyclic) bond motifs is 3. The number of aromatic nitrogens is 4. The van der Waals surface area contributed by atoms with Crippen LogP contribution in [0, 0.1) is 0 Å². The molecule has 0 N–H and O–H groups in total. The minimum atomic E-state index is -0.277. The maximum atomic E-state index is 9.83. The van der Waals surface area contributed by atoms with Crippen LogP contribution in [-0.4, -0.2) is 19.5 Å². The maximum absolute atomic E-state index is 9.83. The molecule has 9 rings (SSSR count). The van der Waals surface area contributed by atoms with Crippen LogP contribution in [0.4, 0.5) is 0 Å². The Hall–Kier alpha value is -6.65. The van der Waals surface area contributed by atoms with Crippen molar-refractivity contribution in [1.29, 1.82) is 0 Å². The lowest BCUT2D eigenvalue weighted by molar-refractivity contribution is 1.07. The molecule has 4 nitrogen and oxygen atoms in total. The van der Waals surface area contributed by atoms with Crippen molar-refractivity contribution in [1.82, 2.24) is 19.5 Å². The van der Waals surface area contributed by atoms with E-state index in [1.54, 1.807) is 16.7 Å². The summed E-state index contributed by atoms with van der Waals surface area (Å²) in [5, 5.41) is 0.452. The van der Waals surface area contributed by atoms with Crippen LogP contribution in [0.3, 0.4) is 0 Å². The molecular weight excluding hydrogens is 597 g/mol. The first-order valence-electron chi connectivity index (χ1n) is 19.0. The standard InChI is InChI=1S/C45H30N4/c1-5-13-31(14-6-1)33-21-23-35(24-22-33)44-46-43(34-17-9-3-10-18-34)47-45(48-44)37-26-28-42-40(30-37)39-29-36(32-15-7-2-8-16-32)25-27-41(39)49(42)38-19-11-4-12-20-38/h1-30H/i25D,26D,27D,28D,29D,30D. The Morgan fingerprint density at radius 2 is 0.714 bits per heavy atom. The fourth-order valence-corrected chi connectivity index (χ4v) is 6.08. The lowest BCUT2D eigenvalue weighted by Crippen LogP contribution is -2.00. The molecule has 2 aromatic heterocycles. The fraction of sp³-hybridized carbons (Fsp3) is 0. The van der Waals surface area contributed by atoms with Gasteiger partial charge in [0.25, 0.3) is 0 Å². The molecule has 49 heavy (non-hydrogen) atoms. The molecule has 9 aromatic rings. The van der Waals surface area contributed by atoms with Crippen LogP contribution in [0.15, 0.2) is 182 Å². The number of benzene rings is 7. The van der Waals surface area contributed by atoms with E-state index in [2.05, 4.69) is 0 Å². The summed E-state index contributed by atoms with van der Waals surface area (Å²) in [6.45, 7) is 0. The second-order valence-corrected chi connectivity index (χ2v) is 11.6. The van der Waals surface area contributed by atoms with Crippen LogP contribution in [0.5, 0.6) is 0 Å². The highest BCUT2D eigenvalue weighted by Gasteiger charge is 2.17. The van der Waals surface area contributed by atoms with Crippen LogP contribution >= 0.6 is 0 Å². The van der Waals surface area contributed by atoms with Crippen molar-refractivity contribution in [2.24, 2.45) is 0 Å². The SMILES string of the molecule is [2H]c1c(-c2ccccc2)c([2H])c2c3c([2H])c(-c4nc(-c5ccccc5)nc(-c5ccc(-c6ccccc6)cc5)n4)c([2H])c([2H])c3n(-c3ccccc3)c2c1[2H]. The summed E-state index contributed by atoms with van der Waals surface area (Å²) in [7, 11) is 0. The quantitative estimate of drug-likeness (QED) is 0.183. The van der Waals surface area contributed by atoms with Gasteiger partial charge in [-0.15, -0.1) is 0 Å². The molecule has 0 aliphatic rings. The van der Waals surface area contributed by atoms with Gasteiger partial charge in [0.05, 0.1) is 19.3 Å². The largest absolute Gasteiger partial charge is 0.309 e. The van der Waals surface area contributed by atoms with E-state index in [-0.39, 0.29) is 75.0 Å². The number of para-hydroxylation sites is 1. The molecule has 2 heterocycles. The van der Waals surface area contributed by atoms with E-state index in [1.807, 2.05) is 133 Å². The molecule has 0 aliphatic heterocycles. The van der Waals surface area contributed by atoms with Gasteiger partial charge in [-0.05, 0) is 64.6 Å². The molecule has 0 atom stereocenters. The second kappa shape index (κ2) is 12.2. The van der Waals surface area contributed by atoms with E-state index in [1.165, 1.54) is 0 Å². The predicted molar refractivity (Wildman–Crippen MR) is 201 cm³/mol. The maximum Gasteiger partial charge on any atom is 0.164 e. The third-order valence-electron chi connectivity index (χ3n) is 8.50. The lowest BCUT2D eigenvalue weighted by Gasteiger charge is -2.10. The zero-order valence-electron chi connectivity index (χ0n) is 32.1. The Balaban J connectivity index is 1.36. The van der Waals surface area contributed by atoms with Gasteiger partial charge in [0.1, 0.15) is 0 Å². The molecule has 0 spiro atoms. The van der Waals surface area contributed by atoms with E-state index in [0.717, 1.165) is 11.1 Å². The first-order valence-corrected chi connectivity index (χ1v) is 16.0. The summed E-state index contributed by atoms with van der Waals surface area (Å²) >= 11 is 0. The van der Waals surface area contributed by atoms with Crippen molar-refractivity contribution >= 4 is 21.8 Å².